The van der Waals surface area contributed by atoms with Gasteiger partial charge in [-0.25, -0.2) is 0 Å². The SMILES string of the molecule is CCc1ccccc1C=Cc1cc(=O)c2ccccc2o1. The molecule has 1 heterocycles. The number of rotatable bonds is 3. The van der Waals surface area contributed by atoms with Crippen molar-refractivity contribution in [1.29, 1.82) is 0 Å². The number of hydrogen-bond donors (Lipinski definition) is 0. The molecule has 2 nitrogen and oxygen atoms in total. The second-order valence-electron chi connectivity index (χ2n) is 4.89. The van der Waals surface area contributed by atoms with E-state index < -0.39 is 0 Å². The van der Waals surface area contributed by atoms with Gasteiger partial charge in [-0.2, -0.15) is 0 Å². The lowest BCUT2D eigenvalue weighted by Crippen LogP contribution is -1.99. The monoisotopic (exact) mass is 276 g/mol. The molecule has 0 unspecified atom stereocenters. The highest BCUT2D eigenvalue weighted by Crippen LogP contribution is 2.16. The van der Waals surface area contributed by atoms with Gasteiger partial charge in [-0.05, 0) is 35.8 Å². The van der Waals surface area contributed by atoms with Crippen molar-refractivity contribution in [1.82, 2.24) is 0 Å². The molecule has 1 aromatic heterocycles. The standard InChI is InChI=1S/C19H16O2/c1-2-14-7-3-4-8-15(14)11-12-16-13-18(20)17-9-5-6-10-19(17)21-16/h3-13H,2H2,1H3. The van der Waals surface area contributed by atoms with Crippen LogP contribution in [0.15, 0.2) is 63.8 Å². The van der Waals surface area contributed by atoms with Crippen molar-refractivity contribution in [2.45, 2.75) is 13.3 Å². The Balaban J connectivity index is 2.02. The van der Waals surface area contributed by atoms with E-state index in [1.165, 1.54) is 11.6 Å². The summed E-state index contributed by atoms with van der Waals surface area (Å²) in [6.45, 7) is 2.13. The van der Waals surface area contributed by atoms with Gasteiger partial charge in [0.25, 0.3) is 0 Å². The van der Waals surface area contributed by atoms with Crippen LogP contribution in [-0.2, 0) is 6.42 Å². The molecule has 0 aliphatic carbocycles. The van der Waals surface area contributed by atoms with Crippen molar-refractivity contribution >= 4 is 23.1 Å². The van der Waals surface area contributed by atoms with Gasteiger partial charge >= 0.3 is 0 Å². The Labute approximate surface area is 123 Å². The predicted octanol–water partition coefficient (Wildman–Crippen LogP) is 4.53. The molecular weight excluding hydrogens is 260 g/mol. The lowest BCUT2D eigenvalue weighted by atomic mass is 10.0. The molecule has 0 bridgehead atoms. The van der Waals surface area contributed by atoms with Crippen molar-refractivity contribution in [3.8, 4) is 0 Å². The Kier molecular flexibility index (Phi) is 3.69. The van der Waals surface area contributed by atoms with E-state index in [1.54, 1.807) is 6.07 Å². The highest BCUT2D eigenvalue weighted by atomic mass is 16.3. The smallest absolute Gasteiger partial charge is 0.193 e. The molecule has 3 aromatic rings. The summed E-state index contributed by atoms with van der Waals surface area (Å²) in [6, 6.07) is 17.0. The summed E-state index contributed by atoms with van der Waals surface area (Å²) in [5, 5.41) is 0.614. The molecular formula is C19H16O2. The number of aryl methyl sites for hydroxylation is 1. The molecule has 3 rings (SSSR count). The molecule has 0 amide bonds. The second kappa shape index (κ2) is 5.80. The quantitative estimate of drug-likeness (QED) is 0.703. The Bertz CT molecular complexity index is 857. The fourth-order valence-electron chi connectivity index (χ4n) is 2.40. The van der Waals surface area contributed by atoms with Crippen LogP contribution in [0.2, 0.25) is 0 Å². The van der Waals surface area contributed by atoms with Crippen molar-refractivity contribution in [3.63, 3.8) is 0 Å². The van der Waals surface area contributed by atoms with E-state index in [0.717, 1.165) is 12.0 Å². The average molecular weight is 276 g/mol. The molecule has 0 radical (unpaired) electrons. The molecule has 0 aliphatic heterocycles. The van der Waals surface area contributed by atoms with Crippen LogP contribution in [-0.4, -0.2) is 0 Å². The van der Waals surface area contributed by atoms with Crippen molar-refractivity contribution < 1.29 is 4.42 Å². The van der Waals surface area contributed by atoms with Gasteiger partial charge in [0.2, 0.25) is 0 Å². The fraction of sp³-hybridized carbons (Fsp3) is 0.105. The summed E-state index contributed by atoms with van der Waals surface area (Å²) in [4.78, 5) is 12.0. The van der Waals surface area contributed by atoms with Crippen LogP contribution < -0.4 is 5.43 Å². The molecule has 21 heavy (non-hydrogen) atoms. The maximum absolute atomic E-state index is 12.0. The van der Waals surface area contributed by atoms with E-state index in [-0.39, 0.29) is 5.43 Å². The molecule has 0 saturated carbocycles. The summed E-state index contributed by atoms with van der Waals surface area (Å²) >= 11 is 0. The molecule has 0 aliphatic rings. The van der Waals surface area contributed by atoms with Gasteiger partial charge in [0, 0.05) is 6.07 Å². The fourth-order valence-corrected chi connectivity index (χ4v) is 2.40. The van der Waals surface area contributed by atoms with E-state index >= 15 is 0 Å². The van der Waals surface area contributed by atoms with Crippen LogP contribution in [0.3, 0.4) is 0 Å². The largest absolute Gasteiger partial charge is 0.456 e. The van der Waals surface area contributed by atoms with Crippen molar-refractivity contribution in [3.05, 3.63) is 81.7 Å². The predicted molar refractivity (Wildman–Crippen MR) is 87.2 cm³/mol. The van der Waals surface area contributed by atoms with E-state index in [0.29, 0.717) is 16.7 Å². The minimum Gasteiger partial charge on any atom is -0.456 e. The normalized spacial score (nSPS) is 11.3. The minimum absolute atomic E-state index is 0.0136. The van der Waals surface area contributed by atoms with E-state index in [2.05, 4.69) is 19.1 Å². The zero-order valence-corrected chi connectivity index (χ0v) is 11.9. The van der Waals surface area contributed by atoms with Crippen LogP contribution in [0.5, 0.6) is 0 Å². The first kappa shape index (κ1) is 13.4. The summed E-state index contributed by atoms with van der Waals surface area (Å²) in [7, 11) is 0. The van der Waals surface area contributed by atoms with E-state index in [4.69, 9.17) is 4.42 Å². The first-order chi connectivity index (χ1) is 10.3. The number of benzene rings is 2. The number of fused-ring (bicyclic) bond motifs is 1. The molecule has 0 spiro atoms. The maximum Gasteiger partial charge on any atom is 0.193 e. The topological polar surface area (TPSA) is 30.2 Å². The number of para-hydroxylation sites is 1. The minimum atomic E-state index is -0.0136. The van der Waals surface area contributed by atoms with Crippen LogP contribution >= 0.6 is 0 Å². The van der Waals surface area contributed by atoms with Gasteiger partial charge in [-0.3, -0.25) is 4.79 Å². The Morgan fingerprint density at radius 3 is 2.62 bits per heavy atom. The summed E-state index contributed by atoms with van der Waals surface area (Å²) < 4.78 is 5.75. The summed E-state index contributed by atoms with van der Waals surface area (Å²) in [5.41, 5.74) is 3.03. The van der Waals surface area contributed by atoms with Gasteiger partial charge in [-0.1, -0.05) is 49.4 Å². The molecule has 0 fully saturated rings. The first-order valence-electron chi connectivity index (χ1n) is 7.07. The molecule has 2 heteroatoms. The van der Waals surface area contributed by atoms with Crippen LogP contribution in [0, 0.1) is 0 Å². The van der Waals surface area contributed by atoms with Gasteiger partial charge in [0.15, 0.2) is 5.43 Å². The Morgan fingerprint density at radius 1 is 1.00 bits per heavy atom. The summed E-state index contributed by atoms with van der Waals surface area (Å²) in [5.74, 6) is 0.574. The van der Waals surface area contributed by atoms with Crippen molar-refractivity contribution in [2.24, 2.45) is 0 Å². The zero-order valence-electron chi connectivity index (χ0n) is 11.9. The van der Waals surface area contributed by atoms with Gasteiger partial charge < -0.3 is 4.42 Å². The summed E-state index contributed by atoms with van der Waals surface area (Å²) in [6.07, 6.45) is 4.82. The lowest BCUT2D eigenvalue weighted by Gasteiger charge is -2.02. The third-order valence-corrected chi connectivity index (χ3v) is 3.52. The van der Waals surface area contributed by atoms with Crippen LogP contribution in [0.4, 0.5) is 0 Å². The first-order valence-corrected chi connectivity index (χ1v) is 7.07. The molecule has 0 atom stereocenters. The zero-order chi connectivity index (χ0) is 14.7. The third-order valence-electron chi connectivity index (χ3n) is 3.52. The average Bonchev–Trinajstić information content (AvgIpc) is 2.53. The maximum atomic E-state index is 12.0. The highest BCUT2D eigenvalue weighted by molar-refractivity contribution is 5.78. The van der Waals surface area contributed by atoms with Gasteiger partial charge in [0.05, 0.1) is 5.39 Å². The Hall–Kier alpha value is -2.61. The molecule has 0 N–H and O–H groups in total. The van der Waals surface area contributed by atoms with Crippen LogP contribution in [0.1, 0.15) is 23.8 Å². The van der Waals surface area contributed by atoms with Crippen LogP contribution in [0.25, 0.3) is 23.1 Å². The van der Waals surface area contributed by atoms with Crippen molar-refractivity contribution in [2.75, 3.05) is 0 Å². The molecule has 2 aromatic carbocycles. The van der Waals surface area contributed by atoms with E-state index in [9.17, 15) is 4.79 Å². The molecule has 0 saturated heterocycles. The van der Waals surface area contributed by atoms with E-state index in [1.807, 2.05) is 42.5 Å². The highest BCUT2D eigenvalue weighted by Gasteiger charge is 2.02. The lowest BCUT2D eigenvalue weighted by molar-refractivity contribution is 0.591. The van der Waals surface area contributed by atoms with Gasteiger partial charge in [-0.15, -0.1) is 0 Å². The number of hydrogen-bond acceptors (Lipinski definition) is 2. The second-order valence-corrected chi connectivity index (χ2v) is 4.89. The van der Waals surface area contributed by atoms with Gasteiger partial charge in [0.1, 0.15) is 11.3 Å². The Morgan fingerprint density at radius 2 is 1.76 bits per heavy atom. The third kappa shape index (κ3) is 2.79. The molecule has 104 valence electrons.